The second kappa shape index (κ2) is 3.20. The summed E-state index contributed by atoms with van der Waals surface area (Å²) in [6.45, 7) is 5.76. The summed E-state index contributed by atoms with van der Waals surface area (Å²) in [6, 6.07) is 0. The smallest absolute Gasteiger partial charge is 0.209 e. The minimum atomic E-state index is 0.551. The molecular formula is C7H12N4S. The molecule has 0 radical (unpaired) electrons. The number of hydrazine groups is 1. The zero-order chi connectivity index (χ0) is 9.30. The van der Waals surface area contributed by atoms with Crippen LogP contribution < -0.4 is 5.43 Å². The Bertz CT molecular complexity index is 256. The van der Waals surface area contributed by atoms with Gasteiger partial charge in [-0.1, -0.05) is 6.58 Å². The Kier molecular flexibility index (Phi) is 2.44. The highest BCUT2D eigenvalue weighted by Gasteiger charge is 2.21. The van der Waals surface area contributed by atoms with Gasteiger partial charge in [-0.15, -0.1) is 0 Å². The molecule has 1 aliphatic rings. The molecule has 0 unspecified atom stereocenters. The van der Waals surface area contributed by atoms with Gasteiger partial charge in [0, 0.05) is 14.1 Å². The second-order valence-electron chi connectivity index (χ2n) is 2.72. The zero-order valence-corrected chi connectivity index (χ0v) is 8.27. The Balaban J connectivity index is 2.93. The van der Waals surface area contributed by atoms with Gasteiger partial charge in [0.25, 0.3) is 0 Å². The standard InChI is InChI=1S/C7H12N4S/c1-5-6(2)11(10(3)4)7(12)9-8-5/h2H2,1,3-4H3,(H,9,12). The Hall–Kier alpha value is -0.940. The van der Waals surface area contributed by atoms with Crippen molar-refractivity contribution >= 4 is 23.0 Å². The molecule has 4 nitrogen and oxygen atoms in total. The molecule has 0 aromatic rings. The first-order valence-electron chi connectivity index (χ1n) is 3.55. The molecular weight excluding hydrogens is 172 g/mol. The lowest BCUT2D eigenvalue weighted by atomic mass is 10.3. The van der Waals surface area contributed by atoms with Gasteiger partial charge in [0.2, 0.25) is 5.11 Å². The van der Waals surface area contributed by atoms with E-state index in [1.54, 1.807) is 5.01 Å². The summed E-state index contributed by atoms with van der Waals surface area (Å²) in [7, 11) is 3.80. The van der Waals surface area contributed by atoms with Gasteiger partial charge in [-0.25, -0.2) is 10.0 Å². The summed E-state index contributed by atoms with van der Waals surface area (Å²) in [5, 5.41) is 8.18. The van der Waals surface area contributed by atoms with Gasteiger partial charge < -0.3 is 0 Å². The zero-order valence-electron chi connectivity index (χ0n) is 7.46. The molecule has 66 valence electrons. The third-order valence-electron chi connectivity index (χ3n) is 1.58. The van der Waals surface area contributed by atoms with E-state index in [4.69, 9.17) is 12.2 Å². The third-order valence-corrected chi connectivity index (χ3v) is 1.85. The van der Waals surface area contributed by atoms with E-state index in [1.807, 2.05) is 26.0 Å². The molecule has 0 aliphatic carbocycles. The molecule has 0 saturated heterocycles. The predicted molar refractivity (Wildman–Crippen MR) is 53.5 cm³/mol. The van der Waals surface area contributed by atoms with Gasteiger partial charge in [-0.05, 0) is 19.1 Å². The number of hydrogen-bond acceptors (Lipinski definition) is 3. The first kappa shape index (κ1) is 9.15. The van der Waals surface area contributed by atoms with Gasteiger partial charge in [0.15, 0.2) is 0 Å². The molecule has 5 heteroatoms. The fourth-order valence-electron chi connectivity index (χ4n) is 0.942. The van der Waals surface area contributed by atoms with Crippen LogP contribution in [0.1, 0.15) is 6.92 Å². The molecule has 0 spiro atoms. The topological polar surface area (TPSA) is 30.9 Å². The normalized spacial score (nSPS) is 18.0. The molecule has 1 aliphatic heterocycles. The summed E-state index contributed by atoms with van der Waals surface area (Å²) in [4.78, 5) is 0. The van der Waals surface area contributed by atoms with Crippen molar-refractivity contribution in [3.63, 3.8) is 0 Å². The minimum Gasteiger partial charge on any atom is -0.252 e. The van der Waals surface area contributed by atoms with Crippen LogP contribution in [0.25, 0.3) is 0 Å². The third kappa shape index (κ3) is 1.46. The second-order valence-corrected chi connectivity index (χ2v) is 3.11. The Morgan fingerprint density at radius 2 is 2.17 bits per heavy atom. The van der Waals surface area contributed by atoms with Crippen LogP contribution in [0.4, 0.5) is 0 Å². The highest BCUT2D eigenvalue weighted by Crippen LogP contribution is 2.10. The van der Waals surface area contributed by atoms with Crippen LogP contribution in [0.2, 0.25) is 0 Å². The maximum atomic E-state index is 5.04. The fourth-order valence-corrected chi connectivity index (χ4v) is 1.26. The maximum Gasteiger partial charge on any atom is 0.209 e. The lowest BCUT2D eigenvalue weighted by Gasteiger charge is -2.34. The number of nitrogens with zero attached hydrogens (tertiary/aromatic N) is 3. The molecule has 0 saturated carbocycles. The van der Waals surface area contributed by atoms with Crippen molar-refractivity contribution in [2.75, 3.05) is 14.1 Å². The first-order valence-corrected chi connectivity index (χ1v) is 3.95. The number of hydrazone groups is 1. The van der Waals surface area contributed by atoms with E-state index >= 15 is 0 Å². The number of allylic oxidation sites excluding steroid dienone is 1. The monoisotopic (exact) mass is 184 g/mol. The fraction of sp³-hybridized carbons (Fsp3) is 0.429. The lowest BCUT2D eigenvalue weighted by Crippen LogP contribution is -2.49. The maximum absolute atomic E-state index is 5.04. The van der Waals surface area contributed by atoms with E-state index in [0.717, 1.165) is 11.4 Å². The molecule has 1 N–H and O–H groups in total. The van der Waals surface area contributed by atoms with Gasteiger partial charge in [-0.3, -0.25) is 5.43 Å². The SMILES string of the molecule is C=C1C(C)=NNC(=S)N1N(C)C. The van der Waals surface area contributed by atoms with E-state index in [1.165, 1.54) is 0 Å². The van der Waals surface area contributed by atoms with E-state index < -0.39 is 0 Å². The van der Waals surface area contributed by atoms with Crippen molar-refractivity contribution in [2.45, 2.75) is 6.92 Å². The summed E-state index contributed by atoms with van der Waals surface area (Å²) >= 11 is 5.04. The molecule has 0 aromatic carbocycles. The number of hydrogen-bond donors (Lipinski definition) is 1. The largest absolute Gasteiger partial charge is 0.252 e. The summed E-state index contributed by atoms with van der Waals surface area (Å²) in [5.41, 5.74) is 4.39. The molecule has 0 bridgehead atoms. The van der Waals surface area contributed by atoms with E-state index in [9.17, 15) is 0 Å². The van der Waals surface area contributed by atoms with Crippen molar-refractivity contribution in [1.29, 1.82) is 0 Å². The quantitative estimate of drug-likeness (QED) is 0.603. The molecule has 1 heterocycles. The van der Waals surface area contributed by atoms with Crippen molar-refractivity contribution in [1.82, 2.24) is 15.4 Å². The van der Waals surface area contributed by atoms with Gasteiger partial charge in [-0.2, -0.15) is 5.10 Å². The number of nitrogens with one attached hydrogen (secondary N) is 1. The van der Waals surface area contributed by atoms with Crippen molar-refractivity contribution in [2.24, 2.45) is 5.10 Å². The molecule has 0 amide bonds. The van der Waals surface area contributed by atoms with Crippen LogP contribution in [0, 0.1) is 0 Å². The number of thiocarbonyl (C=S) groups is 1. The molecule has 12 heavy (non-hydrogen) atoms. The highest BCUT2D eigenvalue weighted by molar-refractivity contribution is 7.80. The summed E-state index contributed by atoms with van der Waals surface area (Å²) in [5.74, 6) is 0. The Morgan fingerprint density at radius 1 is 1.58 bits per heavy atom. The summed E-state index contributed by atoms with van der Waals surface area (Å²) < 4.78 is 0. The molecule has 0 atom stereocenters. The molecule has 0 fully saturated rings. The lowest BCUT2D eigenvalue weighted by molar-refractivity contribution is 0.157. The van der Waals surface area contributed by atoms with Crippen LogP contribution >= 0.6 is 12.2 Å². The highest BCUT2D eigenvalue weighted by atomic mass is 32.1. The van der Waals surface area contributed by atoms with Crippen molar-refractivity contribution in [3.8, 4) is 0 Å². The average molecular weight is 184 g/mol. The van der Waals surface area contributed by atoms with Crippen LogP contribution in [0.5, 0.6) is 0 Å². The van der Waals surface area contributed by atoms with E-state index in [0.29, 0.717) is 5.11 Å². The number of rotatable bonds is 1. The predicted octanol–water partition coefficient (Wildman–Crippen LogP) is 0.543. The molecule has 0 aromatic heterocycles. The average Bonchev–Trinajstić information content (AvgIpc) is 1.97. The molecule has 1 rings (SSSR count). The Labute approximate surface area is 77.5 Å². The van der Waals surface area contributed by atoms with E-state index in [-0.39, 0.29) is 0 Å². The first-order chi connectivity index (χ1) is 5.54. The van der Waals surface area contributed by atoms with Gasteiger partial charge in [0.1, 0.15) is 0 Å². The van der Waals surface area contributed by atoms with Gasteiger partial charge >= 0.3 is 0 Å². The minimum absolute atomic E-state index is 0.551. The van der Waals surface area contributed by atoms with Crippen molar-refractivity contribution in [3.05, 3.63) is 12.3 Å². The van der Waals surface area contributed by atoms with Crippen LogP contribution in [-0.4, -0.2) is 34.9 Å². The van der Waals surface area contributed by atoms with E-state index in [2.05, 4.69) is 17.1 Å². The summed E-state index contributed by atoms with van der Waals surface area (Å²) in [6.07, 6.45) is 0. The Morgan fingerprint density at radius 3 is 2.58 bits per heavy atom. The van der Waals surface area contributed by atoms with Gasteiger partial charge in [0.05, 0.1) is 11.4 Å². The van der Waals surface area contributed by atoms with Crippen LogP contribution in [0.3, 0.4) is 0 Å². The van der Waals surface area contributed by atoms with Crippen LogP contribution in [-0.2, 0) is 0 Å². The van der Waals surface area contributed by atoms with Crippen molar-refractivity contribution < 1.29 is 0 Å². The van der Waals surface area contributed by atoms with Crippen LogP contribution in [0.15, 0.2) is 17.4 Å².